The van der Waals surface area contributed by atoms with Crippen LogP contribution in [0.4, 0.5) is 15.9 Å². The predicted octanol–water partition coefficient (Wildman–Crippen LogP) is 3.35. The Hall–Kier alpha value is -2.48. The average Bonchev–Trinajstić information content (AvgIpc) is 2.55. The standard InChI is InChI=1S/C17H21FN4O2S/c1-4-5-25(23)22-15-8-11(7-14(18)16(15)24-3)12-6-13(10(2)19)17(20)21-9-12/h6-9,19,22H,4-5H2,1-3H3,(H2,20,21). The smallest absolute Gasteiger partial charge is 0.178 e. The van der Waals surface area contributed by atoms with Crippen LogP contribution in [0, 0.1) is 11.2 Å². The van der Waals surface area contributed by atoms with E-state index < -0.39 is 16.8 Å². The fraction of sp³-hybridized carbons (Fsp3) is 0.294. The number of methoxy groups -OCH3 is 1. The minimum Gasteiger partial charge on any atom is -0.492 e. The SMILES string of the molecule is CCCS(=O)Nc1cc(-c2cnc(N)c(C(C)=N)c2)cc(F)c1OC. The lowest BCUT2D eigenvalue weighted by molar-refractivity contribution is 0.389. The van der Waals surface area contributed by atoms with E-state index in [9.17, 15) is 8.60 Å². The van der Waals surface area contributed by atoms with Crippen molar-refractivity contribution in [3.63, 3.8) is 0 Å². The minimum absolute atomic E-state index is 0.0000605. The van der Waals surface area contributed by atoms with Crippen molar-refractivity contribution >= 4 is 28.2 Å². The van der Waals surface area contributed by atoms with Crippen molar-refractivity contribution in [2.24, 2.45) is 0 Å². The van der Waals surface area contributed by atoms with Gasteiger partial charge in [-0.3, -0.25) is 0 Å². The molecule has 6 nitrogen and oxygen atoms in total. The largest absolute Gasteiger partial charge is 0.492 e. The predicted molar refractivity (Wildman–Crippen MR) is 100 cm³/mol. The highest BCUT2D eigenvalue weighted by molar-refractivity contribution is 7.86. The van der Waals surface area contributed by atoms with Gasteiger partial charge in [0.15, 0.2) is 11.6 Å². The van der Waals surface area contributed by atoms with E-state index in [1.807, 2.05) is 6.92 Å². The Morgan fingerprint density at radius 3 is 2.72 bits per heavy atom. The zero-order chi connectivity index (χ0) is 18.6. The summed E-state index contributed by atoms with van der Waals surface area (Å²) >= 11 is 0. The highest BCUT2D eigenvalue weighted by Gasteiger charge is 2.15. The molecule has 0 saturated carbocycles. The molecular weight excluding hydrogens is 343 g/mol. The first-order valence-electron chi connectivity index (χ1n) is 7.71. The number of nitrogen functional groups attached to an aromatic ring is 1. The van der Waals surface area contributed by atoms with Gasteiger partial charge in [-0.15, -0.1) is 0 Å². The Morgan fingerprint density at radius 1 is 1.40 bits per heavy atom. The van der Waals surface area contributed by atoms with Gasteiger partial charge in [-0.25, -0.2) is 13.6 Å². The van der Waals surface area contributed by atoms with Gasteiger partial charge in [0, 0.05) is 28.8 Å². The molecule has 0 aliphatic carbocycles. The van der Waals surface area contributed by atoms with E-state index in [4.69, 9.17) is 15.9 Å². The van der Waals surface area contributed by atoms with Crippen molar-refractivity contribution < 1.29 is 13.3 Å². The molecular formula is C17H21FN4O2S. The van der Waals surface area contributed by atoms with Crippen molar-refractivity contribution in [1.82, 2.24) is 4.98 Å². The van der Waals surface area contributed by atoms with Gasteiger partial charge in [0.1, 0.15) is 16.8 Å². The number of pyridine rings is 1. The fourth-order valence-electron chi connectivity index (χ4n) is 2.34. The Kier molecular flexibility index (Phi) is 6.08. The lowest BCUT2D eigenvalue weighted by atomic mass is 10.0. The molecule has 134 valence electrons. The van der Waals surface area contributed by atoms with Crippen molar-refractivity contribution in [3.05, 3.63) is 35.8 Å². The minimum atomic E-state index is -1.34. The number of nitrogens with two attached hydrogens (primary N) is 1. The van der Waals surface area contributed by atoms with E-state index in [-0.39, 0.29) is 17.3 Å². The van der Waals surface area contributed by atoms with E-state index in [0.717, 1.165) is 6.42 Å². The zero-order valence-corrected chi connectivity index (χ0v) is 15.2. The molecule has 8 heteroatoms. The summed E-state index contributed by atoms with van der Waals surface area (Å²) < 4.78 is 34.3. The number of halogens is 1. The summed E-state index contributed by atoms with van der Waals surface area (Å²) in [6, 6.07) is 4.63. The van der Waals surface area contributed by atoms with Gasteiger partial charge in [-0.1, -0.05) is 6.92 Å². The zero-order valence-electron chi connectivity index (χ0n) is 14.4. The second kappa shape index (κ2) is 8.06. The molecule has 2 aromatic rings. The van der Waals surface area contributed by atoms with E-state index >= 15 is 0 Å². The lowest BCUT2D eigenvalue weighted by Crippen LogP contribution is -2.09. The molecule has 0 aliphatic heterocycles. The van der Waals surface area contributed by atoms with Crippen molar-refractivity contribution in [2.45, 2.75) is 20.3 Å². The van der Waals surface area contributed by atoms with Crippen molar-refractivity contribution in [2.75, 3.05) is 23.3 Å². The van der Waals surface area contributed by atoms with Gasteiger partial charge in [0.2, 0.25) is 0 Å². The number of aromatic nitrogens is 1. The number of ether oxygens (including phenoxy) is 1. The molecule has 25 heavy (non-hydrogen) atoms. The number of anilines is 2. The summed E-state index contributed by atoms with van der Waals surface area (Å²) in [6.45, 7) is 3.52. The second-order valence-corrected chi connectivity index (χ2v) is 6.78. The monoisotopic (exact) mass is 364 g/mol. The van der Waals surface area contributed by atoms with Crippen molar-refractivity contribution in [3.8, 4) is 16.9 Å². The van der Waals surface area contributed by atoms with Crippen LogP contribution in [0.15, 0.2) is 24.4 Å². The third kappa shape index (κ3) is 4.33. The van der Waals surface area contributed by atoms with Crippen LogP contribution in [0.25, 0.3) is 11.1 Å². The Labute approximate surface area is 148 Å². The van der Waals surface area contributed by atoms with E-state index in [0.29, 0.717) is 28.1 Å². The van der Waals surface area contributed by atoms with Crippen LogP contribution in [-0.2, 0) is 11.0 Å². The molecule has 0 aliphatic rings. The number of nitrogens with zero attached hydrogens (tertiary/aromatic N) is 1. The molecule has 0 amide bonds. The van der Waals surface area contributed by atoms with E-state index in [1.165, 1.54) is 19.4 Å². The van der Waals surface area contributed by atoms with E-state index in [1.54, 1.807) is 19.1 Å². The third-order valence-corrected chi connectivity index (χ3v) is 4.74. The number of hydrogen-bond acceptors (Lipinski definition) is 5. The van der Waals surface area contributed by atoms with Crippen LogP contribution in [0.3, 0.4) is 0 Å². The van der Waals surface area contributed by atoms with Gasteiger partial charge in [-0.05, 0) is 37.1 Å². The van der Waals surface area contributed by atoms with Crippen molar-refractivity contribution in [1.29, 1.82) is 5.41 Å². The summed E-state index contributed by atoms with van der Waals surface area (Å²) in [5.41, 5.74) is 7.94. The number of hydrogen-bond donors (Lipinski definition) is 3. The average molecular weight is 364 g/mol. The highest BCUT2D eigenvalue weighted by Crippen LogP contribution is 2.34. The Bertz CT molecular complexity index is 827. The molecule has 1 unspecified atom stereocenters. The fourth-order valence-corrected chi connectivity index (χ4v) is 3.21. The first-order chi connectivity index (χ1) is 11.9. The summed E-state index contributed by atoms with van der Waals surface area (Å²) in [6.07, 6.45) is 2.24. The van der Waals surface area contributed by atoms with Crippen LogP contribution in [-0.4, -0.2) is 27.8 Å². The van der Waals surface area contributed by atoms with E-state index in [2.05, 4.69) is 9.71 Å². The van der Waals surface area contributed by atoms with Crippen LogP contribution < -0.4 is 15.2 Å². The maximum absolute atomic E-state index is 14.4. The van der Waals surface area contributed by atoms with Gasteiger partial charge in [0.05, 0.1) is 12.8 Å². The molecule has 4 N–H and O–H groups in total. The van der Waals surface area contributed by atoms with Gasteiger partial charge in [0.25, 0.3) is 0 Å². The molecule has 1 aromatic heterocycles. The summed E-state index contributed by atoms with van der Waals surface area (Å²) in [5, 5.41) is 7.76. The van der Waals surface area contributed by atoms with Crippen LogP contribution in [0.5, 0.6) is 5.75 Å². The van der Waals surface area contributed by atoms with Crippen LogP contribution in [0.1, 0.15) is 25.8 Å². The molecule has 1 heterocycles. The Morgan fingerprint density at radius 2 is 2.12 bits per heavy atom. The maximum atomic E-state index is 14.4. The molecule has 1 atom stereocenters. The normalized spacial score (nSPS) is 11.8. The van der Waals surface area contributed by atoms with Crippen LogP contribution in [0.2, 0.25) is 0 Å². The maximum Gasteiger partial charge on any atom is 0.178 e. The first kappa shape index (κ1) is 18.9. The Balaban J connectivity index is 2.52. The summed E-state index contributed by atoms with van der Waals surface area (Å²) in [4.78, 5) is 4.07. The highest BCUT2D eigenvalue weighted by atomic mass is 32.2. The lowest BCUT2D eigenvalue weighted by Gasteiger charge is -2.14. The number of rotatable bonds is 7. The molecule has 0 saturated heterocycles. The van der Waals surface area contributed by atoms with Gasteiger partial charge < -0.3 is 20.6 Å². The van der Waals surface area contributed by atoms with Gasteiger partial charge >= 0.3 is 0 Å². The summed E-state index contributed by atoms with van der Waals surface area (Å²) in [7, 11) is 0.0168. The quantitative estimate of drug-likeness (QED) is 0.656. The number of nitrogens with one attached hydrogen (secondary N) is 2. The molecule has 2 rings (SSSR count). The molecule has 0 radical (unpaired) electrons. The van der Waals surface area contributed by atoms with Crippen LogP contribution >= 0.6 is 0 Å². The van der Waals surface area contributed by atoms with Gasteiger partial charge in [-0.2, -0.15) is 0 Å². The molecule has 0 bridgehead atoms. The number of benzene rings is 1. The first-order valence-corrected chi connectivity index (χ1v) is 9.03. The molecule has 0 spiro atoms. The molecule has 1 aromatic carbocycles. The topological polar surface area (TPSA) is 101 Å². The second-order valence-electron chi connectivity index (χ2n) is 5.47. The molecule has 0 fully saturated rings. The summed E-state index contributed by atoms with van der Waals surface area (Å²) in [5.74, 6) is 0.101. The third-order valence-electron chi connectivity index (χ3n) is 3.52.